The molecule has 0 aliphatic carbocycles. The van der Waals surface area contributed by atoms with E-state index in [0.717, 1.165) is 10.5 Å². The Morgan fingerprint density at radius 1 is 0.959 bits per heavy atom. The average molecular weight is 666 g/mol. The highest BCUT2D eigenvalue weighted by Crippen LogP contribution is 2.36. The van der Waals surface area contributed by atoms with Crippen LogP contribution in [0.1, 0.15) is 76.1 Å². The van der Waals surface area contributed by atoms with Crippen molar-refractivity contribution in [3.05, 3.63) is 82.7 Å². The summed E-state index contributed by atoms with van der Waals surface area (Å²) >= 11 is 0. The molecule has 1 unspecified atom stereocenters. The molecular weight excluding hydrogens is 630 g/mol. The molecule has 0 bridgehead atoms. The fourth-order valence-electron chi connectivity index (χ4n) is 5.90. The topological polar surface area (TPSA) is 174 Å². The third-order valence-electron chi connectivity index (χ3n) is 8.53. The first-order valence-corrected chi connectivity index (χ1v) is 15.5. The Hall–Kier alpha value is -6.05. The van der Waals surface area contributed by atoms with Gasteiger partial charge in [-0.2, -0.15) is 0 Å². The molecule has 2 aliphatic heterocycles. The Labute approximate surface area is 281 Å². The van der Waals surface area contributed by atoms with Crippen LogP contribution in [0.2, 0.25) is 0 Å². The molecule has 2 aliphatic rings. The lowest BCUT2D eigenvalue weighted by atomic mass is 9.86. The van der Waals surface area contributed by atoms with Gasteiger partial charge in [0, 0.05) is 23.9 Å². The van der Waals surface area contributed by atoms with Gasteiger partial charge in [0.05, 0.1) is 36.7 Å². The third kappa shape index (κ3) is 6.08. The molecule has 0 saturated carbocycles. The number of hydrogen-bond acceptors (Lipinski definition) is 10. The third-order valence-corrected chi connectivity index (χ3v) is 8.53. The van der Waals surface area contributed by atoms with Crippen LogP contribution >= 0.6 is 0 Å². The molecule has 4 aromatic rings. The number of ether oxygens (including phenoxy) is 2. The molecule has 1 atom stereocenters. The first kappa shape index (κ1) is 32.9. The Morgan fingerprint density at radius 3 is 2.41 bits per heavy atom. The standard InChI is InChI=1S/C35H35N7O7/c1-18-30(39-40-42(18)26-17-22(48-5)10-12-27(26)49-6)32(45)37-21-15-19(35(2,3)4)14-20(16-21)36-24-9-7-8-23-29(24)34(47)41(33(23)46)25-11-13-28(43)38-31(25)44/h7-10,12,14-17,25,36H,11,13H2,1-6H3,(H,37,45)(H,38,43,44). The molecule has 0 radical (unpaired) electrons. The maximum atomic E-state index is 13.7. The van der Waals surface area contributed by atoms with Crippen LogP contribution in [0.5, 0.6) is 11.5 Å². The average Bonchev–Trinajstić information content (AvgIpc) is 3.57. The van der Waals surface area contributed by atoms with Gasteiger partial charge < -0.3 is 20.1 Å². The fraction of sp³-hybridized carbons (Fsp3) is 0.286. The summed E-state index contributed by atoms with van der Waals surface area (Å²) in [6, 6.07) is 14.4. The lowest BCUT2D eigenvalue weighted by Gasteiger charge is -2.27. The second-order valence-electron chi connectivity index (χ2n) is 12.8. The van der Waals surface area contributed by atoms with Crippen molar-refractivity contribution in [2.24, 2.45) is 0 Å². The van der Waals surface area contributed by atoms with Crippen LogP contribution in [0.4, 0.5) is 17.1 Å². The lowest BCUT2D eigenvalue weighted by Crippen LogP contribution is -2.54. The summed E-state index contributed by atoms with van der Waals surface area (Å²) in [4.78, 5) is 65.8. The van der Waals surface area contributed by atoms with E-state index in [1.807, 2.05) is 32.9 Å². The normalized spacial score (nSPS) is 16.0. The van der Waals surface area contributed by atoms with Crippen LogP contribution in [0.15, 0.2) is 54.6 Å². The highest BCUT2D eigenvalue weighted by molar-refractivity contribution is 6.25. The van der Waals surface area contributed by atoms with Crippen molar-refractivity contribution in [3.63, 3.8) is 0 Å². The largest absolute Gasteiger partial charge is 0.497 e. The van der Waals surface area contributed by atoms with Crippen molar-refractivity contribution in [1.82, 2.24) is 25.2 Å². The molecule has 3 heterocycles. The fourth-order valence-corrected chi connectivity index (χ4v) is 5.90. The number of hydrogen-bond donors (Lipinski definition) is 3. The molecule has 49 heavy (non-hydrogen) atoms. The summed E-state index contributed by atoms with van der Waals surface area (Å²) in [5.74, 6) is -1.77. The van der Waals surface area contributed by atoms with Gasteiger partial charge in [0.15, 0.2) is 5.69 Å². The Bertz CT molecular complexity index is 2050. The van der Waals surface area contributed by atoms with Crippen LogP contribution in [-0.2, 0) is 15.0 Å². The minimum Gasteiger partial charge on any atom is -0.497 e. The van der Waals surface area contributed by atoms with E-state index in [2.05, 4.69) is 26.3 Å². The number of carbonyl (C=O) groups is 5. The number of anilines is 3. The van der Waals surface area contributed by atoms with Gasteiger partial charge in [-0.05, 0) is 66.8 Å². The van der Waals surface area contributed by atoms with Crippen molar-refractivity contribution in [2.75, 3.05) is 24.9 Å². The van der Waals surface area contributed by atoms with Crippen molar-refractivity contribution in [2.45, 2.75) is 52.0 Å². The molecule has 1 saturated heterocycles. The summed E-state index contributed by atoms with van der Waals surface area (Å²) < 4.78 is 12.3. The maximum absolute atomic E-state index is 13.7. The van der Waals surface area contributed by atoms with E-state index in [4.69, 9.17) is 9.47 Å². The first-order chi connectivity index (χ1) is 23.3. The predicted octanol–water partition coefficient (Wildman–Crippen LogP) is 4.29. The minimum atomic E-state index is -1.09. The number of piperidine rings is 1. The number of rotatable bonds is 8. The summed E-state index contributed by atoms with van der Waals surface area (Å²) in [5, 5.41) is 16.8. The molecule has 14 nitrogen and oxygen atoms in total. The number of fused-ring (bicyclic) bond motifs is 1. The second-order valence-corrected chi connectivity index (χ2v) is 12.8. The molecular formula is C35H35N7O7. The Balaban J connectivity index is 1.30. The highest BCUT2D eigenvalue weighted by Gasteiger charge is 2.45. The number of nitrogens with zero attached hydrogens (tertiary/aromatic N) is 4. The second kappa shape index (κ2) is 12.5. The number of aromatic nitrogens is 3. The molecule has 14 heteroatoms. The molecule has 3 N–H and O–H groups in total. The molecule has 1 fully saturated rings. The maximum Gasteiger partial charge on any atom is 0.278 e. The SMILES string of the molecule is COc1ccc(OC)c(-n2nnc(C(=O)Nc3cc(Nc4cccc5c4C(=O)N(C4CCC(=O)NC4=O)C5=O)cc(C(C)(C)C)c3)c2C)c1. The number of benzene rings is 3. The van der Waals surface area contributed by atoms with Gasteiger partial charge in [-0.15, -0.1) is 5.10 Å². The number of amides is 5. The number of carbonyl (C=O) groups excluding carboxylic acids is 5. The van der Waals surface area contributed by atoms with Gasteiger partial charge >= 0.3 is 0 Å². The zero-order chi connectivity index (χ0) is 35.2. The van der Waals surface area contributed by atoms with E-state index in [1.54, 1.807) is 50.4 Å². The van der Waals surface area contributed by atoms with E-state index in [0.29, 0.717) is 39.9 Å². The van der Waals surface area contributed by atoms with Crippen molar-refractivity contribution in [1.29, 1.82) is 0 Å². The van der Waals surface area contributed by atoms with Crippen LogP contribution < -0.4 is 25.4 Å². The first-order valence-electron chi connectivity index (χ1n) is 15.5. The van der Waals surface area contributed by atoms with Crippen LogP contribution in [0.25, 0.3) is 5.69 Å². The zero-order valence-electron chi connectivity index (χ0n) is 27.8. The van der Waals surface area contributed by atoms with Gasteiger partial charge in [0.25, 0.3) is 17.7 Å². The van der Waals surface area contributed by atoms with Crippen LogP contribution in [0, 0.1) is 6.92 Å². The van der Waals surface area contributed by atoms with E-state index < -0.39 is 35.6 Å². The van der Waals surface area contributed by atoms with E-state index in [1.165, 1.54) is 17.9 Å². The van der Waals surface area contributed by atoms with Crippen LogP contribution in [-0.4, -0.2) is 69.7 Å². The smallest absolute Gasteiger partial charge is 0.278 e. The number of methoxy groups -OCH3 is 2. The molecule has 0 spiro atoms. The quantitative estimate of drug-likeness (QED) is 0.231. The van der Waals surface area contributed by atoms with Crippen LogP contribution in [0.3, 0.4) is 0 Å². The van der Waals surface area contributed by atoms with Gasteiger partial charge in [-0.1, -0.05) is 32.1 Å². The summed E-state index contributed by atoms with van der Waals surface area (Å²) in [7, 11) is 3.08. The molecule has 5 amide bonds. The zero-order valence-corrected chi connectivity index (χ0v) is 27.8. The van der Waals surface area contributed by atoms with E-state index in [9.17, 15) is 24.0 Å². The monoisotopic (exact) mass is 665 g/mol. The molecule has 252 valence electrons. The van der Waals surface area contributed by atoms with E-state index >= 15 is 0 Å². The molecule has 1 aromatic heterocycles. The minimum absolute atomic E-state index is 0.0219. The molecule has 3 aromatic carbocycles. The highest BCUT2D eigenvalue weighted by atomic mass is 16.5. The predicted molar refractivity (Wildman–Crippen MR) is 179 cm³/mol. The Morgan fingerprint density at radius 2 is 1.71 bits per heavy atom. The number of imide groups is 2. The van der Waals surface area contributed by atoms with Gasteiger partial charge in [-0.25, -0.2) is 4.68 Å². The van der Waals surface area contributed by atoms with Gasteiger partial charge in [0.2, 0.25) is 11.8 Å². The molecule has 6 rings (SSSR count). The summed E-state index contributed by atoms with van der Waals surface area (Å²) in [5.41, 5.74) is 3.24. The van der Waals surface area contributed by atoms with Gasteiger partial charge in [-0.3, -0.25) is 34.2 Å². The summed E-state index contributed by atoms with van der Waals surface area (Å²) in [6.45, 7) is 7.79. The lowest BCUT2D eigenvalue weighted by molar-refractivity contribution is -0.136. The van der Waals surface area contributed by atoms with Crippen molar-refractivity contribution in [3.8, 4) is 17.2 Å². The van der Waals surface area contributed by atoms with Gasteiger partial charge in [0.1, 0.15) is 23.2 Å². The van der Waals surface area contributed by atoms with E-state index in [-0.39, 0.29) is 35.1 Å². The number of nitrogens with one attached hydrogen (secondary N) is 3. The van der Waals surface area contributed by atoms with Crippen molar-refractivity contribution >= 4 is 46.6 Å². The summed E-state index contributed by atoms with van der Waals surface area (Å²) in [6.07, 6.45) is 0.0734. The Kier molecular flexibility index (Phi) is 8.40. The van der Waals surface area contributed by atoms with Crippen molar-refractivity contribution < 1.29 is 33.4 Å².